The molecule has 9 heteroatoms. The Kier molecular flexibility index (Phi) is 6.80. The van der Waals surface area contributed by atoms with E-state index in [-0.39, 0.29) is 29.3 Å². The molecule has 2 rings (SSSR count). The van der Waals surface area contributed by atoms with Crippen LogP contribution in [-0.4, -0.2) is 22.4 Å². The highest BCUT2D eigenvalue weighted by atomic mass is 16.6. The van der Waals surface area contributed by atoms with Gasteiger partial charge in [-0.05, 0) is 37.1 Å². The molecule has 2 amide bonds. The van der Waals surface area contributed by atoms with Crippen molar-refractivity contribution < 1.29 is 14.5 Å². The van der Waals surface area contributed by atoms with E-state index in [1.54, 1.807) is 6.92 Å². The van der Waals surface area contributed by atoms with Crippen LogP contribution in [0.2, 0.25) is 0 Å². The van der Waals surface area contributed by atoms with E-state index in [0.29, 0.717) is 11.4 Å². The molecule has 0 aliphatic rings. The van der Waals surface area contributed by atoms with Crippen molar-refractivity contribution in [1.29, 1.82) is 0 Å². The van der Waals surface area contributed by atoms with Crippen LogP contribution in [0, 0.1) is 10.1 Å². The van der Waals surface area contributed by atoms with Crippen LogP contribution in [0.4, 0.5) is 17.1 Å². The number of hydrogen-bond acceptors (Lipinski definition) is 6. The third-order valence-corrected chi connectivity index (χ3v) is 3.82. The van der Waals surface area contributed by atoms with Gasteiger partial charge in [-0.25, -0.2) is 5.43 Å². The van der Waals surface area contributed by atoms with Crippen LogP contribution in [0.3, 0.4) is 0 Å². The highest BCUT2D eigenvalue weighted by Crippen LogP contribution is 2.18. The molecule has 28 heavy (non-hydrogen) atoms. The number of non-ortho nitro benzene ring substituents is 1. The quantitative estimate of drug-likeness (QED) is 0.292. The predicted octanol–water partition coefficient (Wildman–Crippen LogP) is 2.87. The number of nitrogens with zero attached hydrogens (tertiary/aromatic N) is 2. The molecule has 0 bridgehead atoms. The summed E-state index contributed by atoms with van der Waals surface area (Å²) < 4.78 is 0. The van der Waals surface area contributed by atoms with Crippen molar-refractivity contribution >= 4 is 34.6 Å². The fourth-order valence-electron chi connectivity index (χ4n) is 2.38. The second-order valence-electron chi connectivity index (χ2n) is 6.13. The Morgan fingerprint density at radius 3 is 2.46 bits per heavy atom. The molecule has 0 heterocycles. The number of carbonyl (C=O) groups is 2. The van der Waals surface area contributed by atoms with Gasteiger partial charge in [0.25, 0.3) is 11.6 Å². The van der Waals surface area contributed by atoms with Gasteiger partial charge in [0, 0.05) is 29.2 Å². The van der Waals surface area contributed by atoms with E-state index in [1.807, 2.05) is 31.2 Å². The van der Waals surface area contributed by atoms with Crippen molar-refractivity contribution in [3.05, 3.63) is 63.7 Å². The summed E-state index contributed by atoms with van der Waals surface area (Å²) >= 11 is 0. The van der Waals surface area contributed by atoms with Gasteiger partial charge in [-0.1, -0.05) is 19.1 Å². The molecule has 0 unspecified atom stereocenters. The number of carbonyl (C=O) groups excluding carboxylic acids is 2. The lowest BCUT2D eigenvalue weighted by molar-refractivity contribution is -0.384. The molecule has 0 aromatic heterocycles. The van der Waals surface area contributed by atoms with Crippen molar-refractivity contribution in [3.8, 4) is 0 Å². The van der Waals surface area contributed by atoms with Crippen molar-refractivity contribution in [2.45, 2.75) is 26.7 Å². The van der Waals surface area contributed by atoms with Crippen molar-refractivity contribution in [2.75, 3.05) is 11.1 Å². The normalized spacial score (nSPS) is 11.0. The Morgan fingerprint density at radius 1 is 1.18 bits per heavy atom. The second-order valence-corrected chi connectivity index (χ2v) is 6.13. The fraction of sp³-hybridized carbons (Fsp3) is 0.211. The predicted molar refractivity (Wildman–Crippen MR) is 107 cm³/mol. The highest BCUT2D eigenvalue weighted by molar-refractivity contribution is 6.06. The molecule has 0 radical (unpaired) electrons. The van der Waals surface area contributed by atoms with Gasteiger partial charge in [-0.3, -0.25) is 19.7 Å². The number of nitro benzene ring substituents is 1. The van der Waals surface area contributed by atoms with E-state index in [4.69, 9.17) is 5.73 Å². The standard InChI is InChI=1S/C19H21N5O4/c1-3-13-4-6-16(7-5-13)21-18(25)8-12(2)22-23-19(26)14-9-15(20)11-17(10-14)24(27)28/h4-7,9-11H,3,8,20H2,1-2H3,(H,21,25)(H,23,26)/b22-12+. The summed E-state index contributed by atoms with van der Waals surface area (Å²) in [6, 6.07) is 11.1. The average molecular weight is 383 g/mol. The maximum Gasteiger partial charge on any atom is 0.272 e. The lowest BCUT2D eigenvalue weighted by atomic mass is 10.1. The first kappa shape index (κ1) is 20.6. The van der Waals surface area contributed by atoms with E-state index in [2.05, 4.69) is 15.8 Å². The number of hydrazone groups is 1. The molecular formula is C19H21N5O4. The van der Waals surface area contributed by atoms with Gasteiger partial charge in [-0.15, -0.1) is 0 Å². The van der Waals surface area contributed by atoms with Gasteiger partial charge in [0.05, 0.1) is 16.9 Å². The first-order chi connectivity index (χ1) is 13.3. The Balaban J connectivity index is 1.95. The number of hydrogen-bond donors (Lipinski definition) is 3. The average Bonchev–Trinajstić information content (AvgIpc) is 2.66. The molecule has 2 aromatic rings. The molecule has 0 saturated carbocycles. The highest BCUT2D eigenvalue weighted by Gasteiger charge is 2.13. The molecule has 0 fully saturated rings. The molecule has 0 spiro atoms. The van der Waals surface area contributed by atoms with Crippen molar-refractivity contribution in [2.24, 2.45) is 5.10 Å². The topological polar surface area (TPSA) is 140 Å². The lowest BCUT2D eigenvalue weighted by Crippen LogP contribution is -2.21. The minimum absolute atomic E-state index is 0.00344. The SMILES string of the molecule is CCc1ccc(NC(=O)C/C(C)=N/NC(=O)c2cc(N)cc([N+](=O)[O-])c2)cc1. The third-order valence-electron chi connectivity index (χ3n) is 3.82. The van der Waals surface area contributed by atoms with E-state index in [9.17, 15) is 19.7 Å². The van der Waals surface area contributed by atoms with Crippen LogP contribution in [0.5, 0.6) is 0 Å². The smallest absolute Gasteiger partial charge is 0.272 e. The van der Waals surface area contributed by atoms with Gasteiger partial charge >= 0.3 is 0 Å². The number of amides is 2. The molecule has 2 aromatic carbocycles. The Labute approximate surface area is 161 Å². The minimum atomic E-state index is -0.662. The molecule has 146 valence electrons. The van der Waals surface area contributed by atoms with Crippen LogP contribution in [-0.2, 0) is 11.2 Å². The van der Waals surface area contributed by atoms with Gasteiger partial charge in [-0.2, -0.15) is 5.10 Å². The monoisotopic (exact) mass is 383 g/mol. The zero-order chi connectivity index (χ0) is 20.7. The van der Waals surface area contributed by atoms with Crippen LogP contribution in [0.15, 0.2) is 47.6 Å². The van der Waals surface area contributed by atoms with Gasteiger partial charge in [0.15, 0.2) is 0 Å². The summed E-state index contributed by atoms with van der Waals surface area (Å²) in [7, 11) is 0. The molecule has 4 N–H and O–H groups in total. The van der Waals surface area contributed by atoms with Crippen LogP contribution >= 0.6 is 0 Å². The Morgan fingerprint density at radius 2 is 1.86 bits per heavy atom. The third kappa shape index (κ3) is 5.90. The van der Waals surface area contributed by atoms with Crippen molar-refractivity contribution in [3.63, 3.8) is 0 Å². The van der Waals surface area contributed by atoms with Crippen LogP contribution < -0.4 is 16.5 Å². The summed E-state index contributed by atoms with van der Waals surface area (Å²) in [4.78, 5) is 34.4. The Bertz CT molecular complexity index is 922. The van der Waals surface area contributed by atoms with Crippen LogP contribution in [0.25, 0.3) is 0 Å². The number of nitrogens with two attached hydrogens (primary N) is 1. The number of nitrogen functional groups attached to an aromatic ring is 1. The van der Waals surface area contributed by atoms with Gasteiger partial charge in [0.2, 0.25) is 5.91 Å². The van der Waals surface area contributed by atoms with Crippen molar-refractivity contribution in [1.82, 2.24) is 5.43 Å². The number of anilines is 2. The number of nitrogens with one attached hydrogen (secondary N) is 2. The number of nitro groups is 1. The molecular weight excluding hydrogens is 362 g/mol. The minimum Gasteiger partial charge on any atom is -0.399 e. The lowest BCUT2D eigenvalue weighted by Gasteiger charge is -2.06. The molecule has 0 aliphatic carbocycles. The maximum absolute atomic E-state index is 12.1. The molecule has 0 saturated heterocycles. The van der Waals surface area contributed by atoms with E-state index >= 15 is 0 Å². The zero-order valence-electron chi connectivity index (χ0n) is 15.6. The summed E-state index contributed by atoms with van der Waals surface area (Å²) in [5.74, 6) is -0.940. The van der Waals surface area contributed by atoms with Crippen LogP contribution in [0.1, 0.15) is 36.2 Å². The van der Waals surface area contributed by atoms with E-state index in [1.165, 1.54) is 11.6 Å². The first-order valence-electron chi connectivity index (χ1n) is 8.55. The second kappa shape index (κ2) is 9.26. The van der Waals surface area contributed by atoms with E-state index in [0.717, 1.165) is 18.6 Å². The largest absolute Gasteiger partial charge is 0.399 e. The molecule has 0 aliphatic heterocycles. The fourth-order valence-corrected chi connectivity index (χ4v) is 2.38. The summed E-state index contributed by atoms with van der Waals surface area (Å²) in [6.07, 6.45) is 0.892. The number of rotatable bonds is 7. The molecule has 9 nitrogen and oxygen atoms in total. The summed E-state index contributed by atoms with van der Waals surface area (Å²) in [5.41, 5.74) is 9.85. The Hall–Kier alpha value is -3.75. The first-order valence-corrected chi connectivity index (χ1v) is 8.55. The zero-order valence-corrected chi connectivity index (χ0v) is 15.6. The summed E-state index contributed by atoms with van der Waals surface area (Å²) in [6.45, 7) is 3.63. The maximum atomic E-state index is 12.1. The number of benzene rings is 2. The number of aryl methyl sites for hydroxylation is 1. The van der Waals surface area contributed by atoms with Gasteiger partial charge < -0.3 is 11.1 Å². The van der Waals surface area contributed by atoms with E-state index < -0.39 is 10.8 Å². The molecule has 0 atom stereocenters. The summed E-state index contributed by atoms with van der Waals surface area (Å²) in [5, 5.41) is 17.5. The van der Waals surface area contributed by atoms with Gasteiger partial charge in [0.1, 0.15) is 0 Å².